The molecule has 21 heavy (non-hydrogen) atoms. The van der Waals surface area contributed by atoms with E-state index in [0.29, 0.717) is 13.0 Å². The van der Waals surface area contributed by atoms with E-state index < -0.39 is 10.0 Å². The highest BCUT2D eigenvalue weighted by atomic mass is 32.2. The maximum atomic E-state index is 12.1. The summed E-state index contributed by atoms with van der Waals surface area (Å²) >= 11 is 0. The zero-order valence-electron chi connectivity index (χ0n) is 11.9. The summed E-state index contributed by atoms with van der Waals surface area (Å²) in [6, 6.07) is 6.75. The first-order chi connectivity index (χ1) is 10.0. The maximum Gasteiger partial charge on any atom is 0.240 e. The standard InChI is InChI=1S/C13H19N5O2S/c1-18-10-15-17-13(18)7-9-16-21(19,20)12-4-2-11(3-5-12)6-8-14/h2-5,10,16H,6-9,14H2,1H3. The zero-order valence-corrected chi connectivity index (χ0v) is 12.7. The van der Waals surface area contributed by atoms with Gasteiger partial charge < -0.3 is 10.3 Å². The van der Waals surface area contributed by atoms with E-state index in [0.717, 1.165) is 17.8 Å². The second-order valence-corrected chi connectivity index (χ2v) is 6.46. The zero-order chi connectivity index (χ0) is 15.3. The van der Waals surface area contributed by atoms with Gasteiger partial charge in [0.15, 0.2) is 0 Å². The number of aromatic nitrogens is 3. The van der Waals surface area contributed by atoms with Crippen molar-refractivity contribution in [3.05, 3.63) is 42.0 Å². The molecule has 2 rings (SSSR count). The van der Waals surface area contributed by atoms with Gasteiger partial charge in [0.25, 0.3) is 0 Å². The average Bonchev–Trinajstić information content (AvgIpc) is 2.85. The summed E-state index contributed by atoms with van der Waals surface area (Å²) in [4.78, 5) is 0.251. The first kappa shape index (κ1) is 15.6. The largest absolute Gasteiger partial charge is 0.330 e. The maximum absolute atomic E-state index is 12.1. The third-order valence-electron chi connectivity index (χ3n) is 3.11. The van der Waals surface area contributed by atoms with Crippen molar-refractivity contribution in [2.75, 3.05) is 13.1 Å². The number of nitrogens with one attached hydrogen (secondary N) is 1. The van der Waals surface area contributed by atoms with Gasteiger partial charge in [0.05, 0.1) is 4.90 Å². The monoisotopic (exact) mass is 309 g/mol. The van der Waals surface area contributed by atoms with Crippen molar-refractivity contribution in [1.82, 2.24) is 19.5 Å². The number of sulfonamides is 1. The molecule has 0 aliphatic carbocycles. The second kappa shape index (κ2) is 6.79. The summed E-state index contributed by atoms with van der Waals surface area (Å²) in [6.07, 6.45) is 2.81. The highest BCUT2D eigenvalue weighted by Gasteiger charge is 2.13. The van der Waals surface area contributed by atoms with Gasteiger partial charge in [0, 0.05) is 20.0 Å². The van der Waals surface area contributed by atoms with E-state index in [1.807, 2.05) is 7.05 Å². The smallest absolute Gasteiger partial charge is 0.240 e. The predicted octanol–water partition coefficient (Wildman–Crippen LogP) is -0.163. The van der Waals surface area contributed by atoms with Crippen LogP contribution in [0.15, 0.2) is 35.5 Å². The quantitative estimate of drug-likeness (QED) is 0.739. The summed E-state index contributed by atoms with van der Waals surface area (Å²) < 4.78 is 28.6. The Morgan fingerprint density at radius 2 is 1.95 bits per heavy atom. The minimum Gasteiger partial charge on any atom is -0.330 e. The highest BCUT2D eigenvalue weighted by molar-refractivity contribution is 7.89. The van der Waals surface area contributed by atoms with Gasteiger partial charge in [-0.05, 0) is 30.7 Å². The summed E-state index contributed by atoms with van der Waals surface area (Å²) in [5, 5.41) is 7.65. The number of aryl methyl sites for hydroxylation is 1. The van der Waals surface area contributed by atoms with Crippen LogP contribution in [0.5, 0.6) is 0 Å². The molecule has 7 nitrogen and oxygen atoms in total. The third kappa shape index (κ3) is 4.10. The predicted molar refractivity (Wildman–Crippen MR) is 79.1 cm³/mol. The van der Waals surface area contributed by atoms with Crippen molar-refractivity contribution in [2.24, 2.45) is 12.8 Å². The lowest BCUT2D eigenvalue weighted by Gasteiger charge is -2.07. The molecule has 1 heterocycles. The molecule has 8 heteroatoms. The molecule has 2 aromatic rings. The SMILES string of the molecule is Cn1cnnc1CCNS(=O)(=O)c1ccc(CCN)cc1. The van der Waals surface area contributed by atoms with Crippen LogP contribution >= 0.6 is 0 Å². The van der Waals surface area contributed by atoms with Crippen molar-refractivity contribution in [2.45, 2.75) is 17.7 Å². The molecule has 0 aliphatic rings. The van der Waals surface area contributed by atoms with Crippen molar-refractivity contribution >= 4 is 10.0 Å². The lowest BCUT2D eigenvalue weighted by Crippen LogP contribution is -2.26. The number of hydrogen-bond acceptors (Lipinski definition) is 5. The summed E-state index contributed by atoms with van der Waals surface area (Å²) in [5.41, 5.74) is 6.49. The van der Waals surface area contributed by atoms with Crippen molar-refractivity contribution in [1.29, 1.82) is 0 Å². The van der Waals surface area contributed by atoms with E-state index in [2.05, 4.69) is 14.9 Å². The molecule has 0 saturated heterocycles. The normalized spacial score (nSPS) is 11.7. The molecule has 114 valence electrons. The highest BCUT2D eigenvalue weighted by Crippen LogP contribution is 2.10. The Morgan fingerprint density at radius 3 is 2.52 bits per heavy atom. The molecule has 0 aliphatic heterocycles. The Kier molecular flexibility index (Phi) is 5.05. The molecule has 0 radical (unpaired) electrons. The summed E-state index contributed by atoms with van der Waals surface area (Å²) in [5.74, 6) is 0.732. The molecule has 0 bridgehead atoms. The topological polar surface area (TPSA) is 103 Å². The van der Waals surface area contributed by atoms with Crippen LogP contribution in [0.2, 0.25) is 0 Å². The van der Waals surface area contributed by atoms with E-state index in [-0.39, 0.29) is 11.4 Å². The van der Waals surface area contributed by atoms with Crippen LogP contribution in [-0.4, -0.2) is 36.3 Å². The Bertz CT molecular complexity index is 679. The van der Waals surface area contributed by atoms with E-state index in [1.165, 1.54) is 0 Å². The molecular formula is C13H19N5O2S. The minimum absolute atomic E-state index is 0.251. The van der Waals surface area contributed by atoms with Gasteiger partial charge in [0.1, 0.15) is 12.2 Å². The number of nitrogens with zero attached hydrogens (tertiary/aromatic N) is 3. The van der Waals surface area contributed by atoms with E-state index >= 15 is 0 Å². The van der Waals surface area contributed by atoms with Gasteiger partial charge in [-0.3, -0.25) is 0 Å². The molecule has 0 unspecified atom stereocenters. The fraction of sp³-hybridized carbons (Fsp3) is 0.385. The second-order valence-electron chi connectivity index (χ2n) is 4.69. The summed E-state index contributed by atoms with van der Waals surface area (Å²) in [7, 11) is -1.68. The molecule has 1 aromatic carbocycles. The molecule has 3 N–H and O–H groups in total. The average molecular weight is 309 g/mol. The van der Waals surface area contributed by atoms with Gasteiger partial charge in [-0.1, -0.05) is 12.1 Å². The molecule has 0 spiro atoms. The van der Waals surface area contributed by atoms with Crippen LogP contribution in [0.1, 0.15) is 11.4 Å². The Morgan fingerprint density at radius 1 is 1.24 bits per heavy atom. The lowest BCUT2D eigenvalue weighted by molar-refractivity contribution is 0.580. The fourth-order valence-corrected chi connectivity index (χ4v) is 2.95. The Hall–Kier alpha value is -1.77. The van der Waals surface area contributed by atoms with Crippen LogP contribution in [0.25, 0.3) is 0 Å². The van der Waals surface area contributed by atoms with E-state index in [4.69, 9.17) is 5.73 Å². The van der Waals surface area contributed by atoms with Crippen molar-refractivity contribution in [3.63, 3.8) is 0 Å². The van der Waals surface area contributed by atoms with Crippen LogP contribution in [0.3, 0.4) is 0 Å². The molecule has 0 saturated carbocycles. The first-order valence-corrected chi connectivity index (χ1v) is 8.13. The van der Waals surface area contributed by atoms with Gasteiger partial charge in [-0.2, -0.15) is 0 Å². The minimum atomic E-state index is -3.50. The van der Waals surface area contributed by atoms with E-state index in [9.17, 15) is 8.42 Å². The molecular weight excluding hydrogens is 290 g/mol. The molecule has 0 fully saturated rings. The first-order valence-electron chi connectivity index (χ1n) is 6.64. The van der Waals surface area contributed by atoms with Gasteiger partial charge >= 0.3 is 0 Å². The number of benzene rings is 1. The number of rotatable bonds is 7. The molecule has 0 amide bonds. The van der Waals surface area contributed by atoms with Crippen LogP contribution in [-0.2, 0) is 29.9 Å². The van der Waals surface area contributed by atoms with Gasteiger partial charge in [-0.25, -0.2) is 13.1 Å². The molecule has 0 atom stereocenters. The lowest BCUT2D eigenvalue weighted by atomic mass is 10.2. The third-order valence-corrected chi connectivity index (χ3v) is 4.59. The van der Waals surface area contributed by atoms with Crippen molar-refractivity contribution in [3.8, 4) is 0 Å². The Labute approximate surface area is 124 Å². The number of hydrogen-bond donors (Lipinski definition) is 2. The van der Waals surface area contributed by atoms with Crippen LogP contribution in [0.4, 0.5) is 0 Å². The van der Waals surface area contributed by atoms with Crippen LogP contribution < -0.4 is 10.5 Å². The summed E-state index contributed by atoms with van der Waals surface area (Å²) in [6.45, 7) is 0.821. The van der Waals surface area contributed by atoms with Crippen molar-refractivity contribution < 1.29 is 8.42 Å². The fourth-order valence-electron chi connectivity index (χ4n) is 1.92. The number of nitrogens with two attached hydrogens (primary N) is 1. The van der Waals surface area contributed by atoms with E-state index in [1.54, 1.807) is 35.2 Å². The van der Waals surface area contributed by atoms with Gasteiger partial charge in [0.2, 0.25) is 10.0 Å². The van der Waals surface area contributed by atoms with Gasteiger partial charge in [-0.15, -0.1) is 10.2 Å². The Balaban J connectivity index is 1.96. The molecule has 1 aromatic heterocycles. The van der Waals surface area contributed by atoms with Crippen LogP contribution in [0, 0.1) is 0 Å².